The van der Waals surface area contributed by atoms with E-state index >= 15 is 0 Å². The minimum atomic E-state index is -0.187. The molecule has 2 aromatic carbocycles. The molecule has 1 aromatic heterocycles. The van der Waals surface area contributed by atoms with Gasteiger partial charge in [0.1, 0.15) is 0 Å². The minimum Gasteiger partial charge on any atom is -0.436 e. The highest BCUT2D eigenvalue weighted by molar-refractivity contribution is 9.10. The third-order valence-electron chi connectivity index (χ3n) is 3.83. The van der Waals surface area contributed by atoms with Crippen molar-refractivity contribution in [3.63, 3.8) is 0 Å². The summed E-state index contributed by atoms with van der Waals surface area (Å²) < 4.78 is 12.0. The number of benzene rings is 2. The van der Waals surface area contributed by atoms with Crippen molar-refractivity contribution in [1.82, 2.24) is 10.3 Å². The van der Waals surface area contributed by atoms with E-state index in [4.69, 9.17) is 9.15 Å². The molecule has 0 aliphatic rings. The van der Waals surface area contributed by atoms with E-state index in [0.717, 1.165) is 10.0 Å². The fourth-order valence-electron chi connectivity index (χ4n) is 2.61. The van der Waals surface area contributed by atoms with E-state index in [1.807, 2.05) is 49.4 Å². The van der Waals surface area contributed by atoms with E-state index in [1.165, 1.54) is 0 Å². The van der Waals surface area contributed by atoms with Crippen molar-refractivity contribution in [2.75, 3.05) is 13.7 Å². The molecule has 0 fully saturated rings. The highest BCUT2D eigenvalue weighted by Gasteiger charge is 2.18. The smallest absolute Gasteiger partial charge is 0.252 e. The first-order chi connectivity index (χ1) is 12.6. The van der Waals surface area contributed by atoms with Crippen LogP contribution >= 0.6 is 15.9 Å². The Labute approximate surface area is 160 Å². The molecule has 1 unspecified atom stereocenters. The molecule has 0 saturated heterocycles. The largest absolute Gasteiger partial charge is 0.436 e. The summed E-state index contributed by atoms with van der Waals surface area (Å²) >= 11 is 3.42. The van der Waals surface area contributed by atoms with Gasteiger partial charge < -0.3 is 14.5 Å². The molecule has 1 N–H and O–H groups in total. The van der Waals surface area contributed by atoms with Crippen molar-refractivity contribution in [2.45, 2.75) is 13.0 Å². The third kappa shape index (κ3) is 4.20. The van der Waals surface area contributed by atoms with Crippen LogP contribution in [0.3, 0.4) is 0 Å². The number of ether oxygens (including phenoxy) is 1. The first kappa shape index (κ1) is 18.4. The van der Waals surface area contributed by atoms with Gasteiger partial charge in [-0.3, -0.25) is 4.79 Å². The molecule has 26 heavy (non-hydrogen) atoms. The molecule has 0 aliphatic heterocycles. The molecule has 5 nitrogen and oxygen atoms in total. The van der Waals surface area contributed by atoms with Crippen LogP contribution in [0.1, 0.15) is 17.3 Å². The monoisotopic (exact) mass is 414 g/mol. The molecule has 0 bridgehead atoms. The van der Waals surface area contributed by atoms with Crippen LogP contribution in [0, 0.1) is 0 Å². The molecule has 0 radical (unpaired) electrons. The van der Waals surface area contributed by atoms with Crippen molar-refractivity contribution in [3.05, 3.63) is 64.8 Å². The number of amides is 1. The standard InChI is InChI=1S/C20H19BrN2O3/c1-13(12-25-2)23-19(24)16-5-3-4-6-17(16)20-22-11-18(26-20)14-7-9-15(21)10-8-14/h3-11,13H,12H2,1-2H3,(H,23,24). The fourth-order valence-corrected chi connectivity index (χ4v) is 2.87. The maximum atomic E-state index is 12.6. The zero-order valence-corrected chi connectivity index (χ0v) is 16.1. The molecule has 6 heteroatoms. The number of hydrogen-bond donors (Lipinski definition) is 1. The number of halogens is 1. The van der Waals surface area contributed by atoms with Gasteiger partial charge in [0.25, 0.3) is 5.91 Å². The lowest BCUT2D eigenvalue weighted by atomic mass is 10.1. The van der Waals surface area contributed by atoms with Gasteiger partial charge in [0.2, 0.25) is 5.89 Å². The van der Waals surface area contributed by atoms with Crippen LogP contribution in [0.15, 0.2) is 63.6 Å². The number of oxazole rings is 1. The molecule has 1 heterocycles. The van der Waals surface area contributed by atoms with Crippen LogP contribution in [0.25, 0.3) is 22.8 Å². The summed E-state index contributed by atoms with van der Waals surface area (Å²) in [5.74, 6) is 0.872. The number of carbonyl (C=O) groups is 1. The first-order valence-electron chi connectivity index (χ1n) is 8.19. The Bertz CT molecular complexity index is 890. The zero-order valence-electron chi connectivity index (χ0n) is 14.5. The van der Waals surface area contributed by atoms with Gasteiger partial charge in [-0.05, 0) is 31.2 Å². The van der Waals surface area contributed by atoms with E-state index in [2.05, 4.69) is 26.2 Å². The fraction of sp³-hybridized carbons (Fsp3) is 0.200. The Morgan fingerprint density at radius 2 is 1.96 bits per heavy atom. The lowest BCUT2D eigenvalue weighted by molar-refractivity contribution is 0.0906. The molecule has 1 atom stereocenters. The summed E-state index contributed by atoms with van der Waals surface area (Å²) in [4.78, 5) is 17.0. The molecule has 0 aliphatic carbocycles. The van der Waals surface area contributed by atoms with Crippen LogP contribution in [0.2, 0.25) is 0 Å². The summed E-state index contributed by atoms with van der Waals surface area (Å²) in [7, 11) is 1.60. The van der Waals surface area contributed by atoms with Gasteiger partial charge in [0.05, 0.1) is 18.4 Å². The molecule has 3 rings (SSSR count). The Morgan fingerprint density at radius 1 is 1.23 bits per heavy atom. The van der Waals surface area contributed by atoms with Gasteiger partial charge in [-0.25, -0.2) is 4.98 Å². The summed E-state index contributed by atoms with van der Waals surface area (Å²) in [6.45, 7) is 2.33. The van der Waals surface area contributed by atoms with Crippen molar-refractivity contribution >= 4 is 21.8 Å². The maximum Gasteiger partial charge on any atom is 0.252 e. The summed E-state index contributed by atoms with van der Waals surface area (Å²) in [6, 6.07) is 14.9. The molecule has 0 saturated carbocycles. The highest BCUT2D eigenvalue weighted by atomic mass is 79.9. The second kappa shape index (κ2) is 8.29. The topological polar surface area (TPSA) is 64.4 Å². The van der Waals surface area contributed by atoms with Crippen LogP contribution < -0.4 is 5.32 Å². The van der Waals surface area contributed by atoms with Gasteiger partial charge in [-0.2, -0.15) is 0 Å². The number of carbonyl (C=O) groups excluding carboxylic acids is 1. The number of nitrogens with one attached hydrogen (secondary N) is 1. The van der Waals surface area contributed by atoms with Crippen molar-refractivity contribution in [3.8, 4) is 22.8 Å². The molecule has 0 spiro atoms. The summed E-state index contributed by atoms with van der Waals surface area (Å²) in [6.07, 6.45) is 1.67. The molecule has 1 amide bonds. The molecular weight excluding hydrogens is 396 g/mol. The molecule has 3 aromatic rings. The Kier molecular flexibility index (Phi) is 5.85. The quantitative estimate of drug-likeness (QED) is 0.642. The van der Waals surface area contributed by atoms with Crippen LogP contribution in [-0.2, 0) is 4.74 Å². The predicted molar refractivity (Wildman–Crippen MR) is 104 cm³/mol. The molecular formula is C20H19BrN2O3. The summed E-state index contributed by atoms with van der Waals surface area (Å²) in [5, 5.41) is 2.91. The zero-order chi connectivity index (χ0) is 18.5. The molecule has 134 valence electrons. The Balaban J connectivity index is 1.88. The van der Waals surface area contributed by atoms with Gasteiger partial charge in [0.15, 0.2) is 5.76 Å². The number of aromatic nitrogens is 1. The van der Waals surface area contributed by atoms with E-state index in [-0.39, 0.29) is 11.9 Å². The van der Waals surface area contributed by atoms with Crippen LogP contribution in [0.5, 0.6) is 0 Å². The van der Waals surface area contributed by atoms with Crippen molar-refractivity contribution < 1.29 is 13.9 Å². The third-order valence-corrected chi connectivity index (χ3v) is 4.36. The van der Waals surface area contributed by atoms with E-state index in [9.17, 15) is 4.79 Å². The number of nitrogens with zero attached hydrogens (tertiary/aromatic N) is 1. The second-order valence-electron chi connectivity index (χ2n) is 5.91. The Hall–Kier alpha value is -2.44. The van der Waals surface area contributed by atoms with Crippen molar-refractivity contribution in [1.29, 1.82) is 0 Å². The minimum absolute atomic E-state index is 0.0940. The van der Waals surface area contributed by atoms with Gasteiger partial charge in [-0.1, -0.05) is 40.2 Å². The summed E-state index contributed by atoms with van der Waals surface area (Å²) in [5.41, 5.74) is 2.08. The Morgan fingerprint density at radius 3 is 2.69 bits per heavy atom. The van der Waals surface area contributed by atoms with Gasteiger partial charge in [-0.15, -0.1) is 0 Å². The van der Waals surface area contributed by atoms with E-state index in [0.29, 0.717) is 29.4 Å². The number of hydrogen-bond acceptors (Lipinski definition) is 4. The lowest BCUT2D eigenvalue weighted by Gasteiger charge is -2.14. The lowest BCUT2D eigenvalue weighted by Crippen LogP contribution is -2.35. The van der Waals surface area contributed by atoms with Crippen LogP contribution in [0.4, 0.5) is 0 Å². The predicted octanol–water partition coefficient (Wildman–Crippen LogP) is 4.54. The maximum absolute atomic E-state index is 12.6. The SMILES string of the molecule is COCC(C)NC(=O)c1ccccc1-c1ncc(-c2ccc(Br)cc2)o1. The normalized spacial score (nSPS) is 12.0. The average Bonchev–Trinajstić information content (AvgIpc) is 3.12. The van der Waals surface area contributed by atoms with E-state index in [1.54, 1.807) is 19.4 Å². The average molecular weight is 415 g/mol. The van der Waals surface area contributed by atoms with Crippen LogP contribution in [-0.4, -0.2) is 30.6 Å². The van der Waals surface area contributed by atoms with Gasteiger partial charge in [0, 0.05) is 28.8 Å². The second-order valence-corrected chi connectivity index (χ2v) is 6.83. The first-order valence-corrected chi connectivity index (χ1v) is 8.98. The highest BCUT2D eigenvalue weighted by Crippen LogP contribution is 2.29. The van der Waals surface area contributed by atoms with Gasteiger partial charge >= 0.3 is 0 Å². The van der Waals surface area contributed by atoms with E-state index < -0.39 is 0 Å². The number of rotatable bonds is 6. The van der Waals surface area contributed by atoms with Crippen molar-refractivity contribution in [2.24, 2.45) is 0 Å². The number of methoxy groups -OCH3 is 1.